The number of carbonyl (C=O) groups is 2. The molecule has 14 atom stereocenters. The molecule has 4 aliphatic carbocycles. The average molecular weight is 597 g/mol. The second-order valence-corrected chi connectivity index (χ2v) is 14.9. The Kier molecular flexibility index (Phi) is 9.36. The van der Waals surface area contributed by atoms with E-state index in [4.69, 9.17) is 24.4 Å². The Labute approximate surface area is 249 Å². The number of carboxylic acid groups (broad SMARTS) is 1. The van der Waals surface area contributed by atoms with Crippen LogP contribution in [0, 0.1) is 52.3 Å². The van der Waals surface area contributed by atoms with E-state index in [1.54, 1.807) is 0 Å². The van der Waals surface area contributed by atoms with Crippen molar-refractivity contribution in [2.45, 2.75) is 136 Å². The molecule has 1 spiro atoms. The lowest BCUT2D eigenvalue weighted by Crippen LogP contribution is -2.61. The van der Waals surface area contributed by atoms with Crippen molar-refractivity contribution in [1.82, 2.24) is 0 Å². The second-order valence-electron chi connectivity index (χ2n) is 14.9. The molecule has 3 N–H and O–H groups in total. The number of esters is 1. The highest BCUT2D eigenvalue weighted by Gasteiger charge is 2.67. The summed E-state index contributed by atoms with van der Waals surface area (Å²) >= 11 is 0. The summed E-state index contributed by atoms with van der Waals surface area (Å²) in [6.45, 7) is 12.1. The summed E-state index contributed by atoms with van der Waals surface area (Å²) in [5.41, 5.74) is -0.476. The maximum absolute atomic E-state index is 12.8. The fourth-order valence-corrected chi connectivity index (χ4v) is 10.4. The average Bonchev–Trinajstić information content (AvgIpc) is 3.10. The number of carboxylic acids is 1. The molecular formula is C32H52O10. The number of aliphatic carboxylic acids is 1. The molecule has 10 heteroatoms. The minimum absolute atomic E-state index is 0.0128. The third kappa shape index (κ3) is 5.42. The zero-order chi connectivity index (χ0) is 30.6. The first-order valence-corrected chi connectivity index (χ1v) is 16.2. The monoisotopic (exact) mass is 596 g/mol. The van der Waals surface area contributed by atoms with Crippen LogP contribution < -0.4 is 0 Å². The third-order valence-electron chi connectivity index (χ3n) is 12.2. The molecule has 5 aliphatic rings. The number of hydrogen-bond acceptors (Lipinski definition) is 9. The van der Waals surface area contributed by atoms with Crippen molar-refractivity contribution >= 4 is 11.9 Å². The third-order valence-corrected chi connectivity index (χ3v) is 12.2. The first-order chi connectivity index (χ1) is 19.9. The van der Waals surface area contributed by atoms with Crippen molar-refractivity contribution < 1.29 is 49.2 Å². The molecule has 0 radical (unpaired) electrons. The molecule has 0 aromatic carbocycles. The minimum atomic E-state index is -0.926. The second kappa shape index (κ2) is 12.2. The smallest absolute Gasteiger partial charge is 0.306 e. The molecule has 240 valence electrons. The standard InChI is InChI=1S/C32H52O10/c1-7-23-26(41-42-37)18(5)27(40-25(33)12-16(2)3)30(39-23)38-20-13-21(29(35)36)22-10-11-32-14-19(17(4)28(32)34)8-9-24(32)31(22,6)15-20/h16-24,26-28,30,34,37H,7-15H2,1-6H3,(H,35,36)/t17?,18-,19?,20?,21?,22?,23?,24?,26?,27?,28?,30?,31?,32?/m1/s1. The highest BCUT2D eigenvalue weighted by molar-refractivity contribution is 5.71. The van der Waals surface area contributed by atoms with Gasteiger partial charge in [0.25, 0.3) is 0 Å². The fourth-order valence-electron chi connectivity index (χ4n) is 10.4. The normalized spacial score (nSPS) is 48.4. The van der Waals surface area contributed by atoms with Crippen LogP contribution in [0.5, 0.6) is 0 Å². The first-order valence-electron chi connectivity index (χ1n) is 16.2. The molecule has 0 amide bonds. The summed E-state index contributed by atoms with van der Waals surface area (Å²) in [5.74, 6) is -1.04. The van der Waals surface area contributed by atoms with Gasteiger partial charge in [-0.05, 0) is 86.4 Å². The Hall–Kier alpha value is -1.30. The van der Waals surface area contributed by atoms with Gasteiger partial charge in [-0.2, -0.15) is 4.89 Å². The van der Waals surface area contributed by atoms with E-state index in [-0.39, 0.29) is 53.0 Å². The Morgan fingerprint density at radius 1 is 1.07 bits per heavy atom. The molecule has 42 heavy (non-hydrogen) atoms. The molecule has 4 saturated carbocycles. The van der Waals surface area contributed by atoms with Gasteiger partial charge in [-0.25, -0.2) is 5.26 Å². The number of carbonyl (C=O) groups excluding carboxylic acids is 1. The summed E-state index contributed by atoms with van der Waals surface area (Å²) in [7, 11) is 0. The van der Waals surface area contributed by atoms with Gasteiger partial charge in [-0.1, -0.05) is 46.6 Å². The van der Waals surface area contributed by atoms with E-state index in [0.717, 1.165) is 32.1 Å². The molecule has 1 aliphatic heterocycles. The summed E-state index contributed by atoms with van der Waals surface area (Å²) in [6, 6.07) is 0. The fraction of sp³-hybridized carbons (Fsp3) is 0.938. The van der Waals surface area contributed by atoms with Crippen molar-refractivity contribution in [2.24, 2.45) is 52.3 Å². The topological polar surface area (TPSA) is 141 Å². The number of aliphatic hydroxyl groups is 1. The Morgan fingerprint density at radius 2 is 1.81 bits per heavy atom. The summed E-state index contributed by atoms with van der Waals surface area (Å²) in [6.07, 6.45) is 2.82. The predicted octanol–water partition coefficient (Wildman–Crippen LogP) is 5.21. The molecule has 13 unspecified atom stereocenters. The van der Waals surface area contributed by atoms with Gasteiger partial charge in [-0.15, -0.1) is 0 Å². The maximum atomic E-state index is 12.8. The van der Waals surface area contributed by atoms with Crippen LogP contribution >= 0.6 is 0 Å². The van der Waals surface area contributed by atoms with E-state index in [0.29, 0.717) is 25.2 Å². The summed E-state index contributed by atoms with van der Waals surface area (Å²) in [5, 5.41) is 35.1. The SMILES string of the molecule is CCC1OC(OC2CC(C(=O)O)C3CCC45CC(CCC4C3(C)C2)C(C)C5O)C(OC(=O)CC(C)C)[C@H](C)C1OOO. The summed E-state index contributed by atoms with van der Waals surface area (Å²) < 4.78 is 19.0. The molecule has 2 bridgehead atoms. The number of ether oxygens (including phenoxy) is 3. The zero-order valence-corrected chi connectivity index (χ0v) is 26.1. The summed E-state index contributed by atoms with van der Waals surface area (Å²) in [4.78, 5) is 30.7. The van der Waals surface area contributed by atoms with Crippen LogP contribution in [0.1, 0.15) is 99.3 Å². The van der Waals surface area contributed by atoms with Gasteiger partial charge in [0.05, 0.1) is 24.2 Å². The molecular weight excluding hydrogens is 544 g/mol. The lowest BCUT2D eigenvalue weighted by Gasteiger charge is -2.62. The van der Waals surface area contributed by atoms with E-state index < -0.39 is 48.5 Å². The molecule has 0 aromatic heterocycles. The van der Waals surface area contributed by atoms with Gasteiger partial charge in [0, 0.05) is 17.8 Å². The van der Waals surface area contributed by atoms with Crippen molar-refractivity contribution in [2.75, 3.05) is 0 Å². The Balaban J connectivity index is 1.43. The predicted molar refractivity (Wildman–Crippen MR) is 151 cm³/mol. The number of rotatable bonds is 9. The van der Waals surface area contributed by atoms with Crippen LogP contribution in [-0.4, -0.2) is 64.2 Å². The van der Waals surface area contributed by atoms with Crippen LogP contribution in [-0.2, 0) is 33.7 Å². The van der Waals surface area contributed by atoms with Crippen LogP contribution in [0.4, 0.5) is 0 Å². The van der Waals surface area contributed by atoms with Crippen LogP contribution in [0.2, 0.25) is 0 Å². The largest absolute Gasteiger partial charge is 0.481 e. The minimum Gasteiger partial charge on any atom is -0.481 e. The van der Waals surface area contributed by atoms with Gasteiger partial charge >= 0.3 is 11.9 Å². The molecule has 1 heterocycles. The number of hydrogen-bond donors (Lipinski definition) is 3. The molecule has 0 aromatic rings. The zero-order valence-electron chi connectivity index (χ0n) is 26.1. The van der Waals surface area contributed by atoms with Crippen molar-refractivity contribution in [3.8, 4) is 0 Å². The van der Waals surface area contributed by atoms with Crippen LogP contribution in [0.25, 0.3) is 0 Å². The van der Waals surface area contributed by atoms with Crippen molar-refractivity contribution in [3.63, 3.8) is 0 Å². The molecule has 5 fully saturated rings. The molecule has 10 nitrogen and oxygen atoms in total. The van der Waals surface area contributed by atoms with Crippen molar-refractivity contribution in [1.29, 1.82) is 0 Å². The highest BCUT2D eigenvalue weighted by atomic mass is 17.5. The van der Waals surface area contributed by atoms with Gasteiger partial charge in [0.15, 0.2) is 12.4 Å². The molecule has 1 saturated heterocycles. The van der Waals surface area contributed by atoms with Gasteiger partial charge in [0.1, 0.15) is 6.10 Å². The Bertz CT molecular complexity index is 988. The van der Waals surface area contributed by atoms with E-state index in [9.17, 15) is 19.8 Å². The lowest BCUT2D eigenvalue weighted by molar-refractivity contribution is -0.524. The maximum Gasteiger partial charge on any atom is 0.306 e. The van der Waals surface area contributed by atoms with Crippen molar-refractivity contribution in [3.05, 3.63) is 0 Å². The van der Waals surface area contributed by atoms with E-state index in [1.807, 2.05) is 27.7 Å². The van der Waals surface area contributed by atoms with Crippen LogP contribution in [0.15, 0.2) is 0 Å². The highest BCUT2D eigenvalue weighted by Crippen LogP contribution is 2.71. The van der Waals surface area contributed by atoms with Gasteiger partial charge in [-0.3, -0.25) is 9.59 Å². The lowest BCUT2D eigenvalue weighted by atomic mass is 9.43. The number of aliphatic hydroxyl groups excluding tert-OH is 1. The van der Waals surface area contributed by atoms with E-state index >= 15 is 0 Å². The van der Waals surface area contributed by atoms with Crippen LogP contribution in [0.3, 0.4) is 0 Å². The Morgan fingerprint density at radius 3 is 2.45 bits per heavy atom. The number of fused-ring (bicyclic) bond motifs is 3. The van der Waals surface area contributed by atoms with E-state index in [2.05, 4.69) is 18.9 Å². The van der Waals surface area contributed by atoms with E-state index in [1.165, 1.54) is 0 Å². The first kappa shape index (κ1) is 32.1. The molecule has 5 rings (SSSR count). The quantitative estimate of drug-likeness (QED) is 0.140. The van der Waals surface area contributed by atoms with Gasteiger partial charge in [0.2, 0.25) is 0 Å². The van der Waals surface area contributed by atoms with Gasteiger partial charge < -0.3 is 24.4 Å².